The molecule has 0 radical (unpaired) electrons. The highest BCUT2D eigenvalue weighted by Gasteiger charge is 2.17. The van der Waals surface area contributed by atoms with Crippen LogP contribution in [0.3, 0.4) is 0 Å². The summed E-state index contributed by atoms with van der Waals surface area (Å²) >= 11 is 0. The van der Waals surface area contributed by atoms with Crippen molar-refractivity contribution in [2.45, 2.75) is 33.2 Å². The van der Waals surface area contributed by atoms with Crippen LogP contribution in [0.5, 0.6) is 0 Å². The Kier molecular flexibility index (Phi) is 2.62. The molecular formula is C11H18N2. The third-order valence-corrected chi connectivity index (χ3v) is 2.03. The van der Waals surface area contributed by atoms with Gasteiger partial charge < -0.3 is 5.01 Å². The number of rotatable bonds is 1. The molecule has 0 fully saturated rings. The van der Waals surface area contributed by atoms with Crippen LogP contribution in [-0.4, -0.2) is 5.54 Å². The molecule has 2 N–H and O–H groups in total. The van der Waals surface area contributed by atoms with Crippen LogP contribution >= 0.6 is 0 Å². The van der Waals surface area contributed by atoms with Gasteiger partial charge in [-0.1, -0.05) is 17.7 Å². The van der Waals surface area contributed by atoms with Gasteiger partial charge in [0.05, 0.1) is 5.69 Å². The summed E-state index contributed by atoms with van der Waals surface area (Å²) in [7, 11) is 0. The van der Waals surface area contributed by atoms with E-state index in [1.807, 2.05) is 12.1 Å². The van der Waals surface area contributed by atoms with Gasteiger partial charge in [-0.3, -0.25) is 0 Å². The standard InChI is InChI=1S/C11H18N2/c1-9-5-7-10(8-6-9)13(12)11(2,3)4/h5-8H,12H2,1-4H3. The summed E-state index contributed by atoms with van der Waals surface area (Å²) in [5, 5.41) is 1.78. The van der Waals surface area contributed by atoms with Crippen molar-refractivity contribution < 1.29 is 0 Å². The van der Waals surface area contributed by atoms with Crippen molar-refractivity contribution in [2.24, 2.45) is 5.84 Å². The Morgan fingerprint density at radius 2 is 1.54 bits per heavy atom. The van der Waals surface area contributed by atoms with Gasteiger partial charge in [0.1, 0.15) is 0 Å². The average molecular weight is 178 g/mol. The Hall–Kier alpha value is -1.02. The molecule has 13 heavy (non-hydrogen) atoms. The highest BCUT2D eigenvalue weighted by Crippen LogP contribution is 2.19. The minimum atomic E-state index is -0.0325. The first-order chi connectivity index (χ1) is 5.91. The van der Waals surface area contributed by atoms with Crippen LogP contribution < -0.4 is 10.9 Å². The number of hydrogen-bond donors (Lipinski definition) is 1. The third-order valence-electron chi connectivity index (χ3n) is 2.03. The van der Waals surface area contributed by atoms with Crippen LogP contribution in [0.1, 0.15) is 26.3 Å². The van der Waals surface area contributed by atoms with E-state index in [2.05, 4.69) is 39.8 Å². The molecule has 0 saturated heterocycles. The van der Waals surface area contributed by atoms with Gasteiger partial charge in [0.2, 0.25) is 0 Å². The van der Waals surface area contributed by atoms with Gasteiger partial charge in [0, 0.05) is 5.54 Å². The van der Waals surface area contributed by atoms with Crippen molar-refractivity contribution in [2.75, 3.05) is 5.01 Å². The molecule has 72 valence electrons. The number of hydrazine groups is 1. The van der Waals surface area contributed by atoms with E-state index >= 15 is 0 Å². The van der Waals surface area contributed by atoms with Crippen LogP contribution in [0, 0.1) is 6.92 Å². The number of anilines is 1. The molecule has 0 heterocycles. The Morgan fingerprint density at radius 1 is 1.08 bits per heavy atom. The second kappa shape index (κ2) is 3.38. The van der Waals surface area contributed by atoms with Crippen molar-refractivity contribution in [3.8, 4) is 0 Å². The molecule has 0 unspecified atom stereocenters. The number of nitrogens with zero attached hydrogens (tertiary/aromatic N) is 1. The maximum Gasteiger partial charge on any atom is 0.0523 e. The lowest BCUT2D eigenvalue weighted by molar-refractivity contribution is 0.514. The van der Waals surface area contributed by atoms with Crippen LogP contribution in [-0.2, 0) is 0 Å². The zero-order valence-corrected chi connectivity index (χ0v) is 8.83. The summed E-state index contributed by atoms with van der Waals surface area (Å²) in [5.74, 6) is 5.96. The first-order valence-electron chi connectivity index (χ1n) is 4.53. The fourth-order valence-corrected chi connectivity index (χ4v) is 1.09. The summed E-state index contributed by atoms with van der Waals surface area (Å²) in [6.45, 7) is 8.34. The predicted octanol–water partition coefficient (Wildman–Crippen LogP) is 2.47. The summed E-state index contributed by atoms with van der Waals surface area (Å²) < 4.78 is 0. The molecule has 2 heteroatoms. The summed E-state index contributed by atoms with van der Waals surface area (Å²) in [4.78, 5) is 0. The van der Waals surface area contributed by atoms with Gasteiger partial charge in [0.25, 0.3) is 0 Å². The first-order valence-corrected chi connectivity index (χ1v) is 4.53. The summed E-state index contributed by atoms with van der Waals surface area (Å²) in [6, 6.07) is 8.23. The molecule has 0 amide bonds. The van der Waals surface area contributed by atoms with Crippen molar-refractivity contribution in [3.63, 3.8) is 0 Å². The van der Waals surface area contributed by atoms with Crippen molar-refractivity contribution in [1.29, 1.82) is 0 Å². The molecule has 1 rings (SSSR count). The Bertz CT molecular complexity index is 269. The van der Waals surface area contributed by atoms with E-state index in [-0.39, 0.29) is 5.54 Å². The average Bonchev–Trinajstić information content (AvgIpc) is 2.03. The molecule has 1 aromatic rings. The molecular weight excluding hydrogens is 160 g/mol. The minimum Gasteiger partial charge on any atom is -0.306 e. The van der Waals surface area contributed by atoms with Crippen molar-refractivity contribution in [1.82, 2.24) is 0 Å². The van der Waals surface area contributed by atoms with Crippen LogP contribution in [0.15, 0.2) is 24.3 Å². The van der Waals surface area contributed by atoms with E-state index in [0.29, 0.717) is 0 Å². The SMILES string of the molecule is Cc1ccc(N(N)C(C)(C)C)cc1. The number of aryl methyl sites for hydroxylation is 1. The highest BCUT2D eigenvalue weighted by molar-refractivity contribution is 5.47. The molecule has 0 bridgehead atoms. The van der Waals surface area contributed by atoms with Gasteiger partial charge >= 0.3 is 0 Å². The van der Waals surface area contributed by atoms with Crippen molar-refractivity contribution >= 4 is 5.69 Å². The monoisotopic (exact) mass is 178 g/mol. The summed E-state index contributed by atoms with van der Waals surface area (Å²) in [5.41, 5.74) is 2.28. The van der Waals surface area contributed by atoms with E-state index in [1.54, 1.807) is 5.01 Å². The van der Waals surface area contributed by atoms with Crippen LogP contribution in [0.4, 0.5) is 5.69 Å². The normalized spacial score (nSPS) is 11.5. The van der Waals surface area contributed by atoms with Gasteiger partial charge in [-0.25, -0.2) is 5.84 Å². The molecule has 0 aromatic heterocycles. The number of nitrogens with two attached hydrogens (primary N) is 1. The molecule has 0 spiro atoms. The van der Waals surface area contributed by atoms with E-state index in [0.717, 1.165) is 5.69 Å². The molecule has 2 nitrogen and oxygen atoms in total. The van der Waals surface area contributed by atoms with Crippen molar-refractivity contribution in [3.05, 3.63) is 29.8 Å². The summed E-state index contributed by atoms with van der Waals surface area (Å²) in [6.07, 6.45) is 0. The maximum absolute atomic E-state index is 5.96. The topological polar surface area (TPSA) is 29.3 Å². The second-order valence-corrected chi connectivity index (χ2v) is 4.38. The highest BCUT2D eigenvalue weighted by atomic mass is 15.4. The lowest BCUT2D eigenvalue weighted by Gasteiger charge is -2.33. The van der Waals surface area contributed by atoms with Gasteiger partial charge in [-0.2, -0.15) is 0 Å². The Labute approximate surface area is 80.3 Å². The van der Waals surface area contributed by atoms with Crippen LogP contribution in [0.25, 0.3) is 0 Å². The molecule has 0 aliphatic heterocycles. The molecule has 1 aromatic carbocycles. The molecule has 0 aliphatic rings. The van der Waals surface area contributed by atoms with E-state index in [1.165, 1.54) is 5.56 Å². The third kappa shape index (κ3) is 2.46. The molecule has 0 saturated carbocycles. The quantitative estimate of drug-likeness (QED) is 0.528. The molecule has 0 atom stereocenters. The van der Waals surface area contributed by atoms with Gasteiger partial charge in [0.15, 0.2) is 0 Å². The lowest BCUT2D eigenvalue weighted by atomic mass is 10.1. The first kappa shape index (κ1) is 10.1. The van der Waals surface area contributed by atoms with E-state index in [9.17, 15) is 0 Å². The maximum atomic E-state index is 5.96. The zero-order chi connectivity index (χ0) is 10.1. The van der Waals surface area contributed by atoms with Crippen LogP contribution in [0.2, 0.25) is 0 Å². The fourth-order valence-electron chi connectivity index (χ4n) is 1.09. The fraction of sp³-hybridized carbons (Fsp3) is 0.455. The second-order valence-electron chi connectivity index (χ2n) is 4.38. The predicted molar refractivity (Wildman–Crippen MR) is 57.6 cm³/mol. The Balaban J connectivity index is 2.90. The Morgan fingerprint density at radius 3 is 1.92 bits per heavy atom. The largest absolute Gasteiger partial charge is 0.306 e. The van der Waals surface area contributed by atoms with Gasteiger partial charge in [-0.05, 0) is 39.8 Å². The van der Waals surface area contributed by atoms with E-state index < -0.39 is 0 Å². The molecule has 0 aliphatic carbocycles. The smallest absolute Gasteiger partial charge is 0.0523 e. The van der Waals surface area contributed by atoms with E-state index in [4.69, 9.17) is 5.84 Å². The zero-order valence-electron chi connectivity index (χ0n) is 8.83. The number of benzene rings is 1. The van der Waals surface area contributed by atoms with Gasteiger partial charge in [-0.15, -0.1) is 0 Å². The lowest BCUT2D eigenvalue weighted by Crippen LogP contribution is -2.46. The minimum absolute atomic E-state index is 0.0325. The number of hydrogen-bond acceptors (Lipinski definition) is 2.